The third-order valence-corrected chi connectivity index (χ3v) is 5.40. The molecule has 20 heavy (non-hydrogen) atoms. The highest BCUT2D eigenvalue weighted by Crippen LogP contribution is 2.36. The van der Waals surface area contributed by atoms with Crippen LogP contribution in [0.4, 0.5) is 0 Å². The molecule has 0 amide bonds. The Kier molecular flexibility index (Phi) is 5.18. The maximum atomic E-state index is 3.94. The summed E-state index contributed by atoms with van der Waals surface area (Å²) in [5.41, 5.74) is 0.838. The predicted octanol–water partition coefficient (Wildman–Crippen LogP) is 4.06. The van der Waals surface area contributed by atoms with Crippen LogP contribution in [-0.2, 0) is 0 Å². The van der Waals surface area contributed by atoms with Crippen LogP contribution in [0, 0.1) is 11.3 Å². The van der Waals surface area contributed by atoms with Crippen LogP contribution in [0.15, 0.2) is 0 Å². The summed E-state index contributed by atoms with van der Waals surface area (Å²) in [6.07, 6.45) is 8.36. The van der Waals surface area contributed by atoms with E-state index in [1.54, 1.807) is 0 Å². The van der Waals surface area contributed by atoms with Gasteiger partial charge in [0.25, 0.3) is 0 Å². The Morgan fingerprint density at radius 2 is 1.85 bits per heavy atom. The summed E-state index contributed by atoms with van der Waals surface area (Å²) in [6.45, 7) is 15.7. The van der Waals surface area contributed by atoms with Gasteiger partial charge in [-0.3, -0.25) is 4.90 Å². The molecule has 1 atom stereocenters. The van der Waals surface area contributed by atoms with E-state index in [1.165, 1.54) is 58.2 Å². The summed E-state index contributed by atoms with van der Waals surface area (Å²) < 4.78 is 0. The first-order chi connectivity index (χ1) is 9.32. The number of nitrogens with one attached hydrogen (secondary N) is 1. The Morgan fingerprint density at radius 3 is 2.40 bits per heavy atom. The molecule has 2 nitrogen and oxygen atoms in total. The van der Waals surface area contributed by atoms with Gasteiger partial charge < -0.3 is 5.32 Å². The number of hydrogen-bond donors (Lipinski definition) is 1. The van der Waals surface area contributed by atoms with Crippen molar-refractivity contribution in [1.82, 2.24) is 10.2 Å². The van der Waals surface area contributed by atoms with E-state index in [9.17, 15) is 0 Å². The molecule has 1 spiro atoms. The maximum absolute atomic E-state index is 3.94. The molecule has 0 bridgehead atoms. The molecule has 0 radical (unpaired) electrons. The zero-order valence-electron chi connectivity index (χ0n) is 14.5. The van der Waals surface area contributed by atoms with E-state index in [1.807, 2.05) is 0 Å². The number of hydrogen-bond acceptors (Lipinski definition) is 2. The van der Waals surface area contributed by atoms with Crippen molar-refractivity contribution in [3.63, 3.8) is 0 Å². The summed E-state index contributed by atoms with van der Waals surface area (Å²) in [6, 6.07) is 0.695. The Morgan fingerprint density at radius 1 is 1.20 bits per heavy atom. The summed E-state index contributed by atoms with van der Waals surface area (Å²) in [7, 11) is 0. The van der Waals surface area contributed by atoms with Gasteiger partial charge in [-0.25, -0.2) is 0 Å². The molecule has 1 aliphatic heterocycles. The van der Waals surface area contributed by atoms with Gasteiger partial charge in [0.2, 0.25) is 0 Å². The lowest BCUT2D eigenvalue weighted by Gasteiger charge is -2.51. The van der Waals surface area contributed by atoms with Gasteiger partial charge in [0.15, 0.2) is 0 Å². The normalized spacial score (nSPS) is 27.6. The molecule has 2 heteroatoms. The van der Waals surface area contributed by atoms with E-state index in [0.717, 1.165) is 5.92 Å². The first-order valence-corrected chi connectivity index (χ1v) is 8.81. The second-order valence-corrected chi connectivity index (χ2v) is 8.76. The third-order valence-electron chi connectivity index (χ3n) is 5.40. The SMILES string of the molecule is CC(C)CCCN1CC2(CCCC2)NCC1C(C)(C)C. The highest BCUT2D eigenvalue weighted by molar-refractivity contribution is 5.03. The lowest BCUT2D eigenvalue weighted by atomic mass is 9.81. The molecular formula is C18H36N2. The minimum Gasteiger partial charge on any atom is -0.308 e. The molecule has 1 saturated carbocycles. The number of piperazine rings is 1. The minimum atomic E-state index is 0.380. The van der Waals surface area contributed by atoms with Gasteiger partial charge in [-0.1, -0.05) is 47.5 Å². The van der Waals surface area contributed by atoms with Crippen LogP contribution in [0.2, 0.25) is 0 Å². The largest absolute Gasteiger partial charge is 0.308 e. The predicted molar refractivity (Wildman–Crippen MR) is 88.1 cm³/mol. The van der Waals surface area contributed by atoms with Crippen molar-refractivity contribution in [2.24, 2.45) is 11.3 Å². The van der Waals surface area contributed by atoms with Crippen LogP contribution in [0.25, 0.3) is 0 Å². The zero-order chi connectivity index (χ0) is 14.8. The quantitative estimate of drug-likeness (QED) is 0.835. The van der Waals surface area contributed by atoms with Crippen LogP contribution in [0.1, 0.15) is 73.1 Å². The summed E-state index contributed by atoms with van der Waals surface area (Å²) in [4.78, 5) is 2.82. The molecule has 2 fully saturated rings. The fraction of sp³-hybridized carbons (Fsp3) is 1.00. The van der Waals surface area contributed by atoms with E-state index in [-0.39, 0.29) is 0 Å². The van der Waals surface area contributed by atoms with Crippen molar-refractivity contribution in [2.75, 3.05) is 19.6 Å². The molecular weight excluding hydrogens is 244 g/mol. The summed E-state index contributed by atoms with van der Waals surface area (Å²) >= 11 is 0. The molecule has 118 valence electrons. The first-order valence-electron chi connectivity index (χ1n) is 8.81. The highest BCUT2D eigenvalue weighted by Gasteiger charge is 2.43. The average Bonchev–Trinajstić information content (AvgIpc) is 2.75. The van der Waals surface area contributed by atoms with Crippen LogP contribution in [0.5, 0.6) is 0 Å². The van der Waals surface area contributed by atoms with Crippen LogP contribution < -0.4 is 5.32 Å². The van der Waals surface area contributed by atoms with Gasteiger partial charge in [0.1, 0.15) is 0 Å². The Bertz CT molecular complexity index is 297. The highest BCUT2D eigenvalue weighted by atomic mass is 15.3. The van der Waals surface area contributed by atoms with Gasteiger partial charge in [0, 0.05) is 24.7 Å². The second kappa shape index (κ2) is 6.36. The van der Waals surface area contributed by atoms with Gasteiger partial charge >= 0.3 is 0 Å². The number of rotatable bonds is 4. The molecule has 1 aliphatic carbocycles. The lowest BCUT2D eigenvalue weighted by molar-refractivity contribution is 0.0222. The van der Waals surface area contributed by atoms with E-state index in [2.05, 4.69) is 44.8 Å². The van der Waals surface area contributed by atoms with E-state index in [0.29, 0.717) is 17.0 Å². The fourth-order valence-electron chi connectivity index (χ4n) is 4.18. The molecule has 1 N–H and O–H groups in total. The van der Waals surface area contributed by atoms with Crippen molar-refractivity contribution >= 4 is 0 Å². The minimum absolute atomic E-state index is 0.380. The van der Waals surface area contributed by atoms with Crippen molar-refractivity contribution in [3.8, 4) is 0 Å². The standard InChI is InChI=1S/C18H36N2/c1-15(2)9-8-12-20-14-18(10-6-7-11-18)19-13-16(20)17(3,4)5/h15-16,19H,6-14H2,1-5H3. The fourth-order valence-corrected chi connectivity index (χ4v) is 4.18. The topological polar surface area (TPSA) is 15.3 Å². The smallest absolute Gasteiger partial charge is 0.0309 e. The molecule has 0 aromatic rings. The number of nitrogens with zero attached hydrogens (tertiary/aromatic N) is 1. The lowest BCUT2D eigenvalue weighted by Crippen LogP contribution is -2.66. The van der Waals surface area contributed by atoms with Crippen molar-refractivity contribution < 1.29 is 0 Å². The van der Waals surface area contributed by atoms with Crippen LogP contribution in [0.3, 0.4) is 0 Å². The molecule has 2 aliphatic rings. The van der Waals surface area contributed by atoms with Crippen LogP contribution in [-0.4, -0.2) is 36.1 Å². The van der Waals surface area contributed by atoms with Gasteiger partial charge in [0.05, 0.1) is 0 Å². The van der Waals surface area contributed by atoms with E-state index < -0.39 is 0 Å². The monoisotopic (exact) mass is 280 g/mol. The van der Waals surface area contributed by atoms with E-state index in [4.69, 9.17) is 0 Å². The van der Waals surface area contributed by atoms with Gasteiger partial charge in [-0.15, -0.1) is 0 Å². The zero-order valence-corrected chi connectivity index (χ0v) is 14.5. The molecule has 1 heterocycles. The van der Waals surface area contributed by atoms with Crippen molar-refractivity contribution in [2.45, 2.75) is 84.7 Å². The molecule has 0 aromatic heterocycles. The molecule has 0 aromatic carbocycles. The molecule has 2 rings (SSSR count). The van der Waals surface area contributed by atoms with Crippen LogP contribution >= 0.6 is 0 Å². The molecule has 1 saturated heterocycles. The Labute approximate surface area is 126 Å². The van der Waals surface area contributed by atoms with Crippen molar-refractivity contribution in [1.29, 1.82) is 0 Å². The summed E-state index contributed by atoms with van der Waals surface area (Å²) in [5, 5.41) is 3.94. The average molecular weight is 280 g/mol. The van der Waals surface area contributed by atoms with E-state index >= 15 is 0 Å². The van der Waals surface area contributed by atoms with Gasteiger partial charge in [-0.2, -0.15) is 0 Å². The third kappa shape index (κ3) is 3.98. The van der Waals surface area contributed by atoms with Gasteiger partial charge in [-0.05, 0) is 43.6 Å². The van der Waals surface area contributed by atoms with Crippen molar-refractivity contribution in [3.05, 3.63) is 0 Å². The maximum Gasteiger partial charge on any atom is 0.0309 e. The second-order valence-electron chi connectivity index (χ2n) is 8.76. The Hall–Kier alpha value is -0.0800. The Balaban J connectivity index is 1.99. The molecule has 1 unspecified atom stereocenters. The first kappa shape index (κ1) is 16.3. The summed E-state index contributed by atoms with van der Waals surface area (Å²) in [5.74, 6) is 0.839.